The Bertz CT molecular complexity index is 1020. The number of nitro groups is 1. The Morgan fingerprint density at radius 1 is 1.26 bits per heavy atom. The summed E-state index contributed by atoms with van der Waals surface area (Å²) in [5, 5.41) is 21.1. The zero-order valence-corrected chi connectivity index (χ0v) is 15.9. The highest BCUT2D eigenvalue weighted by molar-refractivity contribution is 7.13. The number of hydrazone groups is 1. The molecular weight excluding hydrogens is 384 g/mol. The van der Waals surface area contributed by atoms with Gasteiger partial charge in [0.2, 0.25) is 5.13 Å². The van der Waals surface area contributed by atoms with Crippen LogP contribution in [0.2, 0.25) is 5.02 Å². The fourth-order valence-electron chi connectivity index (χ4n) is 3.13. The van der Waals surface area contributed by atoms with Gasteiger partial charge in [-0.05, 0) is 43.2 Å². The molecule has 8 heteroatoms. The second-order valence-corrected chi connectivity index (χ2v) is 7.58. The van der Waals surface area contributed by atoms with Crippen LogP contribution in [0.5, 0.6) is 0 Å². The van der Waals surface area contributed by atoms with Crippen LogP contribution in [0.25, 0.3) is 0 Å². The van der Waals surface area contributed by atoms with Gasteiger partial charge in [0.15, 0.2) is 0 Å². The Morgan fingerprint density at radius 2 is 2.04 bits per heavy atom. The summed E-state index contributed by atoms with van der Waals surface area (Å²) in [6.45, 7) is 2.10. The summed E-state index contributed by atoms with van der Waals surface area (Å²) in [5.74, 6) is 0. The maximum atomic E-state index is 11.0. The van der Waals surface area contributed by atoms with Gasteiger partial charge in [-0.3, -0.25) is 10.1 Å². The van der Waals surface area contributed by atoms with Crippen LogP contribution in [0.4, 0.5) is 10.8 Å². The number of anilines is 1. The van der Waals surface area contributed by atoms with Crippen molar-refractivity contribution in [2.75, 3.05) is 5.01 Å². The van der Waals surface area contributed by atoms with E-state index in [9.17, 15) is 10.1 Å². The fraction of sp³-hybridized carbons (Fsp3) is 0.158. The summed E-state index contributed by atoms with van der Waals surface area (Å²) < 4.78 is 0. The maximum absolute atomic E-state index is 11.0. The summed E-state index contributed by atoms with van der Waals surface area (Å²) in [7, 11) is 0. The van der Waals surface area contributed by atoms with Gasteiger partial charge in [-0.1, -0.05) is 17.7 Å². The Balaban J connectivity index is 1.89. The van der Waals surface area contributed by atoms with Crippen molar-refractivity contribution in [3.8, 4) is 0 Å². The number of thiazole rings is 1. The number of hydrogen-bond acceptors (Lipinski definition) is 6. The van der Waals surface area contributed by atoms with Crippen LogP contribution >= 0.6 is 22.9 Å². The van der Waals surface area contributed by atoms with Crippen LogP contribution in [0, 0.1) is 10.1 Å². The monoisotopic (exact) mass is 398 g/mol. The molecule has 0 fully saturated rings. The number of benzene rings is 2. The molecule has 0 spiro atoms. The number of aromatic nitrogens is 1. The summed E-state index contributed by atoms with van der Waals surface area (Å²) >= 11 is 7.77. The van der Waals surface area contributed by atoms with Crippen molar-refractivity contribution in [3.05, 3.63) is 85.9 Å². The Kier molecular flexibility index (Phi) is 4.63. The van der Waals surface area contributed by atoms with E-state index >= 15 is 0 Å². The normalized spacial score (nSPS) is 16.4. The highest BCUT2D eigenvalue weighted by Gasteiger charge is 2.25. The van der Waals surface area contributed by atoms with Gasteiger partial charge in [-0.15, -0.1) is 11.3 Å². The van der Waals surface area contributed by atoms with Crippen molar-refractivity contribution in [3.63, 3.8) is 0 Å². The second kappa shape index (κ2) is 7.09. The first-order chi connectivity index (χ1) is 13.0. The summed E-state index contributed by atoms with van der Waals surface area (Å²) in [6.07, 6.45) is 2.54. The molecule has 0 saturated heterocycles. The zero-order valence-electron chi connectivity index (χ0n) is 14.4. The second-order valence-electron chi connectivity index (χ2n) is 6.27. The molecule has 1 aliphatic rings. The molecule has 0 amide bonds. The van der Waals surface area contributed by atoms with Crippen LogP contribution in [0.15, 0.2) is 59.1 Å². The minimum absolute atomic E-state index is 0.0458. The molecule has 0 saturated carbocycles. The standard InChI is InChI=1S/C19H15ClN4O2S/c1-12-10-14-2-5-15(20)11-17(14)18(22-23(12)19-21-8-9-27-19)13-3-6-16(7-4-13)24(25)26/h2-9,11-12H,10H2,1H3. The highest BCUT2D eigenvalue weighted by Crippen LogP contribution is 2.30. The number of hydrogen-bond donors (Lipinski definition) is 0. The lowest BCUT2D eigenvalue weighted by Crippen LogP contribution is -2.29. The summed E-state index contributed by atoms with van der Waals surface area (Å²) in [5.41, 5.74) is 3.62. The number of rotatable bonds is 3. The molecule has 2 heterocycles. The molecule has 6 nitrogen and oxygen atoms in total. The first kappa shape index (κ1) is 17.6. The van der Waals surface area contributed by atoms with Gasteiger partial charge in [0.1, 0.15) is 0 Å². The third-order valence-electron chi connectivity index (χ3n) is 4.43. The number of nitrogens with zero attached hydrogens (tertiary/aromatic N) is 4. The minimum atomic E-state index is -0.409. The molecule has 136 valence electrons. The van der Waals surface area contributed by atoms with Crippen molar-refractivity contribution in [1.29, 1.82) is 0 Å². The number of halogens is 1. The van der Waals surface area contributed by atoms with E-state index in [1.165, 1.54) is 23.5 Å². The number of non-ortho nitro benzene ring substituents is 1. The van der Waals surface area contributed by atoms with Gasteiger partial charge in [0, 0.05) is 39.9 Å². The molecule has 0 radical (unpaired) electrons. The van der Waals surface area contributed by atoms with E-state index in [4.69, 9.17) is 16.7 Å². The van der Waals surface area contributed by atoms with E-state index in [0.717, 1.165) is 34.0 Å². The van der Waals surface area contributed by atoms with Crippen LogP contribution in [0.1, 0.15) is 23.6 Å². The first-order valence-electron chi connectivity index (χ1n) is 8.34. The molecule has 0 N–H and O–H groups in total. The van der Waals surface area contributed by atoms with Crippen LogP contribution in [-0.2, 0) is 6.42 Å². The Morgan fingerprint density at radius 3 is 2.70 bits per heavy atom. The van der Waals surface area contributed by atoms with E-state index in [-0.39, 0.29) is 11.7 Å². The van der Waals surface area contributed by atoms with Gasteiger partial charge >= 0.3 is 0 Å². The lowest BCUT2D eigenvalue weighted by Gasteiger charge is -2.22. The van der Waals surface area contributed by atoms with Crippen molar-refractivity contribution in [1.82, 2.24) is 4.98 Å². The van der Waals surface area contributed by atoms with Crippen LogP contribution in [-0.4, -0.2) is 21.7 Å². The van der Waals surface area contributed by atoms with Gasteiger partial charge in [-0.2, -0.15) is 5.10 Å². The molecule has 2 aromatic carbocycles. The van der Waals surface area contributed by atoms with E-state index in [0.29, 0.717) is 5.02 Å². The molecule has 0 aliphatic carbocycles. The first-order valence-corrected chi connectivity index (χ1v) is 9.59. The van der Waals surface area contributed by atoms with Crippen molar-refractivity contribution < 1.29 is 4.92 Å². The van der Waals surface area contributed by atoms with E-state index in [2.05, 4.69) is 11.9 Å². The largest absolute Gasteiger partial charge is 0.269 e. The predicted octanol–water partition coefficient (Wildman–Crippen LogP) is 4.91. The third-order valence-corrected chi connectivity index (χ3v) is 5.43. The SMILES string of the molecule is CC1Cc2ccc(Cl)cc2C(c2ccc([N+](=O)[O-])cc2)=NN1c1nccs1. The van der Waals surface area contributed by atoms with Gasteiger partial charge < -0.3 is 0 Å². The Hall–Kier alpha value is -2.77. The van der Waals surface area contributed by atoms with Crippen LogP contribution in [0.3, 0.4) is 0 Å². The summed E-state index contributed by atoms with van der Waals surface area (Å²) in [6, 6.07) is 12.3. The maximum Gasteiger partial charge on any atom is 0.269 e. The third kappa shape index (κ3) is 3.43. The average molecular weight is 399 g/mol. The molecule has 1 aromatic heterocycles. The van der Waals surface area contributed by atoms with Crippen molar-refractivity contribution in [2.45, 2.75) is 19.4 Å². The quantitative estimate of drug-likeness (QED) is 0.464. The van der Waals surface area contributed by atoms with Crippen molar-refractivity contribution in [2.24, 2.45) is 5.10 Å². The molecule has 27 heavy (non-hydrogen) atoms. The topological polar surface area (TPSA) is 71.6 Å². The zero-order chi connectivity index (χ0) is 19.0. The lowest BCUT2D eigenvalue weighted by atomic mass is 9.95. The summed E-state index contributed by atoms with van der Waals surface area (Å²) in [4.78, 5) is 15.0. The number of nitro benzene ring substituents is 1. The molecule has 3 aromatic rings. The van der Waals surface area contributed by atoms with Crippen LogP contribution < -0.4 is 5.01 Å². The molecule has 1 atom stereocenters. The van der Waals surface area contributed by atoms with E-state index in [1.54, 1.807) is 18.3 Å². The molecule has 4 rings (SSSR count). The molecular formula is C19H15ClN4O2S. The molecule has 0 bridgehead atoms. The van der Waals surface area contributed by atoms with Gasteiger partial charge in [0.05, 0.1) is 16.7 Å². The van der Waals surface area contributed by atoms with Gasteiger partial charge in [-0.25, -0.2) is 9.99 Å². The van der Waals surface area contributed by atoms with Crippen molar-refractivity contribution >= 4 is 39.5 Å². The molecule has 1 unspecified atom stereocenters. The smallest absolute Gasteiger partial charge is 0.258 e. The average Bonchev–Trinajstić information content (AvgIpc) is 3.14. The minimum Gasteiger partial charge on any atom is -0.258 e. The highest BCUT2D eigenvalue weighted by atomic mass is 35.5. The Labute approximate surface area is 164 Å². The fourth-order valence-corrected chi connectivity index (χ4v) is 3.99. The van der Waals surface area contributed by atoms with Gasteiger partial charge in [0.25, 0.3) is 5.69 Å². The lowest BCUT2D eigenvalue weighted by molar-refractivity contribution is -0.384. The molecule has 1 aliphatic heterocycles. The van der Waals surface area contributed by atoms with E-state index < -0.39 is 4.92 Å². The number of fused-ring (bicyclic) bond motifs is 1. The predicted molar refractivity (Wildman–Crippen MR) is 108 cm³/mol. The van der Waals surface area contributed by atoms with E-state index in [1.807, 2.05) is 28.6 Å².